The number of carbonyl (C=O) groups is 6. The second-order valence-corrected chi connectivity index (χ2v) is 7.56. The fourth-order valence-corrected chi connectivity index (χ4v) is 2.85. The Balaban J connectivity index is 5.21. The van der Waals surface area contributed by atoms with Crippen molar-refractivity contribution in [1.82, 2.24) is 16.0 Å². The molecule has 0 radical (unpaired) electrons. The average Bonchev–Trinajstić information content (AvgIpc) is 2.73. The highest BCUT2D eigenvalue weighted by molar-refractivity contribution is 7.80. The van der Waals surface area contributed by atoms with Gasteiger partial charge in [0.2, 0.25) is 23.6 Å². The van der Waals surface area contributed by atoms with Crippen LogP contribution in [0.2, 0.25) is 0 Å². The molecule has 0 aromatic heterocycles. The zero-order valence-corrected chi connectivity index (χ0v) is 18.9. The largest absolute Gasteiger partial charge is 0.481 e. The van der Waals surface area contributed by atoms with Crippen LogP contribution in [-0.2, 0) is 28.8 Å². The monoisotopic (exact) mass is 492 g/mol. The molecule has 4 unspecified atom stereocenters. The molecule has 0 spiro atoms. The van der Waals surface area contributed by atoms with Gasteiger partial charge in [0.15, 0.2) is 0 Å². The number of hydrogen-bond donors (Lipinski definition) is 9. The molecule has 0 aliphatic carbocycles. The third-order valence-electron chi connectivity index (χ3n) is 4.42. The number of thiol groups is 1. The van der Waals surface area contributed by atoms with E-state index in [1.165, 1.54) is 0 Å². The molecule has 33 heavy (non-hydrogen) atoms. The summed E-state index contributed by atoms with van der Waals surface area (Å²) in [7, 11) is 0. The number of primary amides is 1. The molecular formula is C18H32N6O8S. The number of carboxylic acids is 2. The van der Waals surface area contributed by atoms with Crippen LogP contribution in [0.3, 0.4) is 0 Å². The van der Waals surface area contributed by atoms with E-state index in [0.717, 1.165) is 0 Å². The van der Waals surface area contributed by atoms with Crippen LogP contribution in [0, 0.1) is 0 Å². The number of rotatable bonds is 17. The molecule has 4 amide bonds. The molecule has 0 bridgehead atoms. The maximum absolute atomic E-state index is 12.6. The maximum Gasteiger partial charge on any atom is 0.326 e. The zero-order chi connectivity index (χ0) is 25.6. The lowest BCUT2D eigenvalue weighted by atomic mass is 10.1. The molecule has 0 aliphatic heterocycles. The van der Waals surface area contributed by atoms with Crippen LogP contribution in [-0.4, -0.2) is 82.2 Å². The van der Waals surface area contributed by atoms with Gasteiger partial charge in [-0.25, -0.2) is 4.79 Å². The Labute approximate surface area is 195 Å². The standard InChI is InChI=1S/C18H32N6O8S/c19-6-2-1-3-9(20)15(28)24-12(8-33)17(30)23-11(7-13(21)25)16(29)22-10(18(31)32)4-5-14(26)27/h9-12,33H,1-8,19-20H2,(H2,21,25)(H,22,29)(H,23,30)(H,24,28)(H,26,27)(H,31,32). The lowest BCUT2D eigenvalue weighted by Gasteiger charge is -2.24. The quantitative estimate of drug-likeness (QED) is 0.0719. The van der Waals surface area contributed by atoms with Crippen molar-refractivity contribution in [3.05, 3.63) is 0 Å². The lowest BCUT2D eigenvalue weighted by Crippen LogP contribution is -2.58. The average molecular weight is 493 g/mol. The third-order valence-corrected chi connectivity index (χ3v) is 4.79. The molecule has 4 atom stereocenters. The van der Waals surface area contributed by atoms with Crippen LogP contribution in [0.4, 0.5) is 0 Å². The Bertz CT molecular complexity index is 722. The molecule has 0 aromatic carbocycles. The van der Waals surface area contributed by atoms with Gasteiger partial charge >= 0.3 is 11.9 Å². The Kier molecular flexibility index (Phi) is 14.4. The first-order chi connectivity index (χ1) is 15.4. The number of nitrogens with one attached hydrogen (secondary N) is 3. The van der Waals surface area contributed by atoms with E-state index >= 15 is 0 Å². The van der Waals surface area contributed by atoms with Crippen molar-refractivity contribution in [1.29, 1.82) is 0 Å². The molecule has 0 rings (SSSR count). The molecule has 0 fully saturated rings. The topological polar surface area (TPSA) is 257 Å². The minimum atomic E-state index is -1.58. The van der Waals surface area contributed by atoms with Gasteiger partial charge in [0, 0.05) is 12.2 Å². The number of aliphatic carboxylic acids is 2. The van der Waals surface area contributed by atoms with Gasteiger partial charge in [-0.2, -0.15) is 12.6 Å². The summed E-state index contributed by atoms with van der Waals surface area (Å²) in [4.78, 5) is 70.6. The summed E-state index contributed by atoms with van der Waals surface area (Å²) in [6, 6.07) is -5.26. The van der Waals surface area contributed by atoms with E-state index in [1.54, 1.807) is 0 Å². The van der Waals surface area contributed by atoms with Crippen molar-refractivity contribution >= 4 is 48.2 Å². The van der Waals surface area contributed by atoms with Crippen LogP contribution < -0.4 is 33.2 Å². The van der Waals surface area contributed by atoms with Crippen LogP contribution >= 0.6 is 12.6 Å². The number of unbranched alkanes of at least 4 members (excludes halogenated alkanes) is 1. The molecule has 0 saturated carbocycles. The van der Waals surface area contributed by atoms with Gasteiger partial charge in [-0.3, -0.25) is 24.0 Å². The van der Waals surface area contributed by atoms with Gasteiger partial charge in [-0.1, -0.05) is 6.42 Å². The first kappa shape index (κ1) is 30.1. The van der Waals surface area contributed by atoms with E-state index < -0.39 is 79.0 Å². The van der Waals surface area contributed by atoms with E-state index in [9.17, 15) is 33.9 Å². The number of carbonyl (C=O) groups excluding carboxylic acids is 4. The maximum atomic E-state index is 12.6. The summed E-state index contributed by atoms with van der Waals surface area (Å²) < 4.78 is 0. The predicted octanol–water partition coefficient (Wildman–Crippen LogP) is -3.35. The number of nitrogens with two attached hydrogens (primary N) is 3. The minimum absolute atomic E-state index is 0.172. The number of hydrogen-bond acceptors (Lipinski definition) is 9. The highest BCUT2D eigenvalue weighted by Gasteiger charge is 2.31. The van der Waals surface area contributed by atoms with E-state index in [4.69, 9.17) is 22.3 Å². The third kappa shape index (κ3) is 12.6. The van der Waals surface area contributed by atoms with Crippen LogP contribution in [0.25, 0.3) is 0 Å². The molecular weight excluding hydrogens is 460 g/mol. The second kappa shape index (κ2) is 15.8. The van der Waals surface area contributed by atoms with Gasteiger partial charge in [0.1, 0.15) is 18.1 Å². The fraction of sp³-hybridized carbons (Fsp3) is 0.667. The van der Waals surface area contributed by atoms with Crippen molar-refractivity contribution in [3.63, 3.8) is 0 Å². The van der Waals surface area contributed by atoms with Crippen LogP contribution in [0.15, 0.2) is 0 Å². The SMILES string of the molecule is NCCCCC(N)C(=O)NC(CS)C(=O)NC(CC(N)=O)C(=O)NC(CCC(=O)O)C(=O)O. The molecule has 0 aliphatic rings. The molecule has 11 N–H and O–H groups in total. The predicted molar refractivity (Wildman–Crippen MR) is 119 cm³/mol. The van der Waals surface area contributed by atoms with E-state index in [-0.39, 0.29) is 5.75 Å². The Morgan fingerprint density at radius 3 is 1.85 bits per heavy atom. The highest BCUT2D eigenvalue weighted by Crippen LogP contribution is 2.03. The normalized spacial score (nSPS) is 14.3. The van der Waals surface area contributed by atoms with Gasteiger partial charge in [0.25, 0.3) is 0 Å². The number of carboxylic acid groups (broad SMARTS) is 2. The summed E-state index contributed by atoms with van der Waals surface area (Å²) in [6.45, 7) is 0.443. The molecule has 188 valence electrons. The minimum Gasteiger partial charge on any atom is -0.481 e. The molecule has 0 heterocycles. The molecule has 15 heteroatoms. The second-order valence-electron chi connectivity index (χ2n) is 7.20. The van der Waals surface area contributed by atoms with Crippen molar-refractivity contribution in [2.75, 3.05) is 12.3 Å². The number of amides is 4. The first-order valence-corrected chi connectivity index (χ1v) is 10.8. The first-order valence-electron chi connectivity index (χ1n) is 10.1. The van der Waals surface area contributed by atoms with Gasteiger partial charge in [0.05, 0.1) is 12.5 Å². The van der Waals surface area contributed by atoms with E-state index in [2.05, 4.69) is 28.6 Å². The van der Waals surface area contributed by atoms with Crippen molar-refractivity contribution in [2.45, 2.75) is 62.7 Å². The van der Waals surface area contributed by atoms with E-state index in [0.29, 0.717) is 25.8 Å². The summed E-state index contributed by atoms with van der Waals surface area (Å²) in [5.41, 5.74) is 16.3. The Morgan fingerprint density at radius 2 is 1.36 bits per heavy atom. The van der Waals surface area contributed by atoms with Crippen molar-refractivity contribution in [2.24, 2.45) is 17.2 Å². The summed E-state index contributed by atoms with van der Waals surface area (Å²) in [5, 5.41) is 24.6. The smallest absolute Gasteiger partial charge is 0.326 e. The van der Waals surface area contributed by atoms with Gasteiger partial charge in [-0.15, -0.1) is 0 Å². The molecule has 0 aromatic rings. The zero-order valence-electron chi connectivity index (χ0n) is 18.0. The van der Waals surface area contributed by atoms with Gasteiger partial charge in [-0.05, 0) is 25.8 Å². The van der Waals surface area contributed by atoms with Crippen molar-refractivity contribution in [3.8, 4) is 0 Å². The summed E-state index contributed by atoms with van der Waals surface area (Å²) in [5.74, 6) is -6.50. The Morgan fingerprint density at radius 1 is 0.818 bits per heavy atom. The molecule has 0 saturated heterocycles. The van der Waals surface area contributed by atoms with Crippen LogP contribution in [0.5, 0.6) is 0 Å². The highest BCUT2D eigenvalue weighted by atomic mass is 32.1. The van der Waals surface area contributed by atoms with Crippen molar-refractivity contribution < 1.29 is 39.0 Å². The van der Waals surface area contributed by atoms with E-state index in [1.807, 2.05) is 0 Å². The van der Waals surface area contributed by atoms with Gasteiger partial charge < -0.3 is 43.4 Å². The summed E-state index contributed by atoms with van der Waals surface area (Å²) >= 11 is 4.00. The van der Waals surface area contributed by atoms with Crippen LogP contribution in [0.1, 0.15) is 38.5 Å². The Hall–Kier alpha value is -2.91. The fourth-order valence-electron chi connectivity index (χ4n) is 2.59. The summed E-state index contributed by atoms with van der Waals surface area (Å²) in [6.07, 6.45) is -0.0197. The lowest BCUT2D eigenvalue weighted by molar-refractivity contribution is -0.143. The molecule has 14 nitrogen and oxygen atoms in total.